The van der Waals surface area contributed by atoms with Gasteiger partial charge < -0.3 is 0 Å². The predicted octanol–water partition coefficient (Wildman–Crippen LogP) is 5.45. The summed E-state index contributed by atoms with van der Waals surface area (Å²) in [4.78, 5) is 0. The third kappa shape index (κ3) is 2.54. The molecule has 1 heterocycles. The maximum atomic E-state index is 2.36. The maximum Gasteiger partial charge on any atom is 0.425 e. The highest BCUT2D eigenvalue weighted by Crippen LogP contribution is 2.69. The van der Waals surface area contributed by atoms with Crippen LogP contribution in [0.15, 0.2) is 0 Å². The standard InChI is InChI=1S/C4H11P5/c1-3-8-5-6-9(4-2)7-8/h7H,3-4H2,1-2H3/q+2. The molecule has 0 fully saturated rings. The van der Waals surface area contributed by atoms with Crippen molar-refractivity contribution in [1.29, 1.82) is 0 Å². The Labute approximate surface area is 63.0 Å². The molecule has 0 N–H and O–H groups in total. The van der Waals surface area contributed by atoms with E-state index >= 15 is 0 Å². The molecular weight excluding hydrogens is 203 g/mol. The van der Waals surface area contributed by atoms with Crippen LogP contribution in [0.3, 0.4) is 0 Å². The van der Waals surface area contributed by atoms with Gasteiger partial charge in [0.15, 0.2) is 14.4 Å². The zero-order valence-corrected chi connectivity index (χ0v) is 10.3. The lowest BCUT2D eigenvalue weighted by molar-refractivity contribution is 1.39. The average molecular weight is 214 g/mol. The fourth-order valence-electron chi connectivity index (χ4n) is 0.538. The van der Waals surface area contributed by atoms with E-state index in [1.807, 2.05) is 15.1 Å². The van der Waals surface area contributed by atoms with Gasteiger partial charge in [-0.2, -0.15) is 0 Å². The molecule has 5 heteroatoms. The van der Waals surface area contributed by atoms with Crippen molar-refractivity contribution in [1.82, 2.24) is 0 Å². The van der Waals surface area contributed by atoms with Gasteiger partial charge in [-0.25, -0.2) is 0 Å². The summed E-state index contributed by atoms with van der Waals surface area (Å²) in [6, 6.07) is 0. The quantitative estimate of drug-likeness (QED) is 0.613. The SMILES string of the molecule is CC[p+]1pp[p+](CC)[pH]1. The van der Waals surface area contributed by atoms with Gasteiger partial charge in [-0.1, -0.05) is 0 Å². The van der Waals surface area contributed by atoms with Gasteiger partial charge in [0.25, 0.3) is 6.89 Å². The number of aryl methyl sites for hydroxylation is 2. The van der Waals surface area contributed by atoms with Crippen LogP contribution in [0.25, 0.3) is 0 Å². The zero-order chi connectivity index (χ0) is 6.69. The van der Waals surface area contributed by atoms with Crippen molar-refractivity contribution in [3.63, 3.8) is 0 Å². The normalized spacial score (nSPS) is 16.7. The van der Waals surface area contributed by atoms with Crippen LogP contribution >= 0.6 is 36.4 Å². The van der Waals surface area contributed by atoms with Crippen molar-refractivity contribution in [2.24, 2.45) is 0 Å². The molecule has 0 aromatic carbocycles. The van der Waals surface area contributed by atoms with Crippen molar-refractivity contribution in [2.75, 3.05) is 0 Å². The molecule has 1 rings (SSSR count). The first-order chi connectivity index (χ1) is 4.36. The molecular formula is C4H11P5+2. The molecule has 0 saturated heterocycles. The van der Waals surface area contributed by atoms with Gasteiger partial charge in [-0.3, -0.25) is 0 Å². The first kappa shape index (κ1) is 8.60. The van der Waals surface area contributed by atoms with Crippen molar-refractivity contribution >= 4 is 36.4 Å². The van der Waals surface area contributed by atoms with E-state index in [4.69, 9.17) is 0 Å². The van der Waals surface area contributed by atoms with Crippen LogP contribution in [0.2, 0.25) is 0 Å². The summed E-state index contributed by atoms with van der Waals surface area (Å²) in [5.74, 6) is 0. The Bertz CT molecular complexity index is 162. The number of hydrogen-bond donors (Lipinski definition) is 0. The second-order valence-electron chi connectivity index (χ2n) is 1.71. The summed E-state index contributed by atoms with van der Waals surface area (Å²) in [6.45, 7) is 5.77. The third-order valence-corrected chi connectivity index (χ3v) is 30.4. The van der Waals surface area contributed by atoms with Gasteiger partial charge in [0.05, 0.1) is 6.16 Å². The fourth-order valence-corrected chi connectivity index (χ4v) is 42.6. The third-order valence-electron chi connectivity index (χ3n) is 1.09. The van der Waals surface area contributed by atoms with Crippen LogP contribution in [0.5, 0.6) is 0 Å². The van der Waals surface area contributed by atoms with Crippen LogP contribution in [-0.2, 0) is 12.3 Å². The van der Waals surface area contributed by atoms with Crippen LogP contribution in [0.4, 0.5) is 0 Å². The molecule has 2 atom stereocenters. The van der Waals surface area contributed by atoms with Gasteiger partial charge in [-0.05, 0) is 13.8 Å². The molecule has 0 bridgehead atoms. The van der Waals surface area contributed by atoms with Gasteiger partial charge in [-0.15, -0.1) is 0 Å². The molecule has 0 aliphatic heterocycles. The van der Waals surface area contributed by atoms with E-state index in [0.29, 0.717) is 13.8 Å². The van der Waals surface area contributed by atoms with E-state index < -0.39 is 0 Å². The van der Waals surface area contributed by atoms with Gasteiger partial charge >= 0.3 is 15.1 Å². The Hall–Kier alpha value is 1.50. The van der Waals surface area contributed by atoms with Crippen LogP contribution in [-0.4, -0.2) is 0 Å². The molecule has 0 amide bonds. The summed E-state index contributed by atoms with van der Waals surface area (Å²) < 4.78 is 0. The smallest absolute Gasteiger partial charge is 0.0351 e. The van der Waals surface area contributed by atoms with E-state index in [1.165, 1.54) is 19.9 Å². The lowest BCUT2D eigenvalue weighted by Gasteiger charge is -1.66. The van der Waals surface area contributed by atoms with E-state index in [-0.39, 0.29) is 0 Å². The Balaban J connectivity index is 2.74. The van der Waals surface area contributed by atoms with Gasteiger partial charge in [0, 0.05) is 0 Å². The van der Waals surface area contributed by atoms with Gasteiger partial charge in [0.1, 0.15) is 6.16 Å². The summed E-state index contributed by atoms with van der Waals surface area (Å²) in [7, 11) is 5.01. The highest BCUT2D eigenvalue weighted by atomic mass is 32.6. The molecule has 50 valence electrons. The van der Waals surface area contributed by atoms with Crippen molar-refractivity contribution in [3.8, 4) is 0 Å². The molecule has 0 aliphatic carbocycles. The highest BCUT2D eigenvalue weighted by Gasteiger charge is 2.17. The highest BCUT2D eigenvalue weighted by molar-refractivity contribution is 8.63. The molecule has 1 aromatic rings. The zero-order valence-electron chi connectivity index (χ0n) is 5.70. The second-order valence-corrected chi connectivity index (χ2v) is 20.2. The number of rotatable bonds is 2. The fraction of sp³-hybridized carbons (Fsp3) is 1.00. The van der Waals surface area contributed by atoms with Crippen molar-refractivity contribution in [2.45, 2.75) is 26.2 Å². The largest absolute Gasteiger partial charge is 0.425 e. The van der Waals surface area contributed by atoms with Crippen LogP contribution < -0.4 is 0 Å². The topological polar surface area (TPSA) is 0 Å². The van der Waals surface area contributed by atoms with E-state index in [9.17, 15) is 0 Å². The molecule has 0 radical (unpaired) electrons. The lowest BCUT2D eigenvalue weighted by atomic mass is 11.0. The minimum absolute atomic E-state index is 0.528. The summed E-state index contributed by atoms with van der Waals surface area (Å²) in [5, 5.41) is 0. The molecule has 9 heavy (non-hydrogen) atoms. The molecule has 0 aliphatic rings. The predicted molar refractivity (Wildman–Crippen MR) is 56.5 cm³/mol. The Kier molecular flexibility index (Phi) is 4.20. The van der Waals surface area contributed by atoms with E-state index in [2.05, 4.69) is 13.8 Å². The number of hydrogen-bond acceptors (Lipinski definition) is 0. The molecule has 2 unspecified atom stereocenters. The van der Waals surface area contributed by atoms with E-state index in [0.717, 1.165) is 0 Å². The average Bonchev–Trinajstić information content (AvgIpc) is 2.34. The van der Waals surface area contributed by atoms with Crippen LogP contribution in [0, 0.1) is 0 Å². The lowest BCUT2D eigenvalue weighted by Crippen LogP contribution is -1.39. The minimum Gasteiger partial charge on any atom is -0.0351 e. The Morgan fingerprint density at radius 3 is 1.78 bits per heavy atom. The maximum absolute atomic E-state index is 2.36. The Morgan fingerprint density at radius 1 is 1.11 bits per heavy atom. The van der Waals surface area contributed by atoms with Crippen molar-refractivity contribution in [3.05, 3.63) is 0 Å². The van der Waals surface area contributed by atoms with Crippen molar-refractivity contribution < 1.29 is 0 Å². The summed E-state index contributed by atoms with van der Waals surface area (Å²) in [5.41, 5.74) is 0. The van der Waals surface area contributed by atoms with E-state index in [1.54, 1.807) is 0 Å². The summed E-state index contributed by atoms with van der Waals surface area (Å²) >= 11 is 0. The monoisotopic (exact) mass is 214 g/mol. The summed E-state index contributed by atoms with van der Waals surface area (Å²) in [6.07, 6.45) is 2.97. The first-order valence-electron chi connectivity index (χ1n) is 3.09. The van der Waals surface area contributed by atoms with Gasteiger partial charge in [0.2, 0.25) is 0 Å². The first-order valence-corrected chi connectivity index (χ1v) is 12.7. The van der Waals surface area contributed by atoms with Crippen LogP contribution in [0.1, 0.15) is 13.8 Å². The molecule has 0 nitrogen and oxygen atoms in total. The Morgan fingerprint density at radius 2 is 1.56 bits per heavy atom. The molecule has 0 saturated carbocycles. The second kappa shape index (κ2) is 4.39. The minimum atomic E-state index is 0.528. The molecule has 1 aromatic heterocycles. The molecule has 0 spiro atoms.